The number of rotatable bonds is 4. The minimum absolute atomic E-state index is 0.0968. The number of aromatic amines is 1. The fraction of sp³-hybridized carbons (Fsp3) is 0.333. The van der Waals surface area contributed by atoms with E-state index in [1.165, 1.54) is 0 Å². The number of amides is 1. The molecule has 0 aliphatic carbocycles. The van der Waals surface area contributed by atoms with E-state index >= 15 is 0 Å². The molecule has 0 atom stereocenters. The first-order chi connectivity index (χ1) is 10.6. The third-order valence-corrected chi connectivity index (χ3v) is 4.44. The van der Waals surface area contributed by atoms with E-state index in [9.17, 15) is 9.90 Å². The number of methoxy groups -OCH3 is 1. The van der Waals surface area contributed by atoms with Gasteiger partial charge in [0.25, 0.3) is 5.91 Å². The quantitative estimate of drug-likeness (QED) is 0.863. The van der Waals surface area contributed by atoms with Gasteiger partial charge >= 0.3 is 0 Å². The second-order valence-corrected chi connectivity index (χ2v) is 6.30. The SMILES string of the molecule is COC1(CO)CN(C(=O)c2cc(-c3ccc(Br)cc3)n[nH]2)C1. The lowest BCUT2D eigenvalue weighted by Gasteiger charge is -2.47. The normalized spacial score (nSPS) is 16.4. The van der Waals surface area contributed by atoms with Crippen LogP contribution in [0.15, 0.2) is 34.8 Å². The average Bonchev–Trinajstić information content (AvgIpc) is 2.97. The second kappa shape index (κ2) is 5.83. The van der Waals surface area contributed by atoms with Gasteiger partial charge in [-0.1, -0.05) is 28.1 Å². The Morgan fingerprint density at radius 3 is 2.73 bits per heavy atom. The molecule has 1 aliphatic heterocycles. The molecule has 6 nitrogen and oxygen atoms in total. The molecule has 1 fully saturated rings. The zero-order valence-corrected chi connectivity index (χ0v) is 13.6. The van der Waals surface area contributed by atoms with Crippen molar-refractivity contribution < 1.29 is 14.6 Å². The summed E-state index contributed by atoms with van der Waals surface area (Å²) in [5, 5.41) is 16.3. The van der Waals surface area contributed by atoms with Crippen LogP contribution in [-0.4, -0.2) is 58.5 Å². The maximum atomic E-state index is 12.4. The van der Waals surface area contributed by atoms with Gasteiger partial charge in [-0.25, -0.2) is 0 Å². The molecular formula is C15H16BrN3O3. The lowest BCUT2D eigenvalue weighted by molar-refractivity contribution is -0.133. The molecule has 1 saturated heterocycles. The smallest absolute Gasteiger partial charge is 0.272 e. The number of carbonyl (C=O) groups is 1. The van der Waals surface area contributed by atoms with Gasteiger partial charge in [-0.05, 0) is 18.2 Å². The van der Waals surface area contributed by atoms with Crippen LogP contribution in [0.1, 0.15) is 10.5 Å². The van der Waals surface area contributed by atoms with Crippen LogP contribution in [0.3, 0.4) is 0 Å². The summed E-state index contributed by atoms with van der Waals surface area (Å²) in [6.07, 6.45) is 0. The van der Waals surface area contributed by atoms with Crippen molar-refractivity contribution in [1.29, 1.82) is 0 Å². The molecule has 7 heteroatoms. The first-order valence-corrected chi connectivity index (χ1v) is 7.63. The van der Waals surface area contributed by atoms with Crippen LogP contribution < -0.4 is 0 Å². The van der Waals surface area contributed by atoms with Gasteiger partial charge < -0.3 is 14.7 Å². The number of nitrogens with one attached hydrogen (secondary N) is 1. The van der Waals surface area contributed by atoms with E-state index in [-0.39, 0.29) is 12.5 Å². The van der Waals surface area contributed by atoms with Crippen molar-refractivity contribution in [2.75, 3.05) is 26.8 Å². The largest absolute Gasteiger partial charge is 0.393 e. The summed E-state index contributed by atoms with van der Waals surface area (Å²) in [6.45, 7) is 0.664. The van der Waals surface area contributed by atoms with Gasteiger partial charge in [-0.2, -0.15) is 5.10 Å². The fourth-order valence-corrected chi connectivity index (χ4v) is 2.72. The number of likely N-dealkylation sites (tertiary alicyclic amines) is 1. The Balaban J connectivity index is 1.72. The summed E-state index contributed by atoms with van der Waals surface area (Å²) in [7, 11) is 1.54. The number of ether oxygens (including phenoxy) is 1. The van der Waals surface area contributed by atoms with E-state index in [0.717, 1.165) is 15.7 Å². The summed E-state index contributed by atoms with van der Waals surface area (Å²) >= 11 is 3.39. The number of carbonyl (C=O) groups excluding carboxylic acids is 1. The number of nitrogens with zero attached hydrogens (tertiary/aromatic N) is 2. The molecule has 0 spiro atoms. The van der Waals surface area contributed by atoms with Crippen LogP contribution in [0.5, 0.6) is 0 Å². The molecule has 116 valence electrons. The van der Waals surface area contributed by atoms with Gasteiger partial charge in [0.2, 0.25) is 0 Å². The molecule has 2 aromatic rings. The van der Waals surface area contributed by atoms with Crippen LogP contribution >= 0.6 is 15.9 Å². The minimum atomic E-state index is -0.621. The maximum Gasteiger partial charge on any atom is 0.272 e. The fourth-order valence-electron chi connectivity index (χ4n) is 2.46. The van der Waals surface area contributed by atoms with E-state index in [0.29, 0.717) is 18.8 Å². The number of H-pyrrole nitrogens is 1. The van der Waals surface area contributed by atoms with E-state index in [2.05, 4.69) is 26.1 Å². The number of aliphatic hydroxyl groups excluding tert-OH is 1. The van der Waals surface area contributed by atoms with E-state index < -0.39 is 5.60 Å². The molecule has 0 unspecified atom stereocenters. The Bertz CT molecular complexity index is 672. The van der Waals surface area contributed by atoms with Crippen LogP contribution in [0, 0.1) is 0 Å². The second-order valence-electron chi connectivity index (χ2n) is 5.38. The van der Waals surface area contributed by atoms with Crippen molar-refractivity contribution in [3.8, 4) is 11.3 Å². The Morgan fingerprint density at radius 2 is 2.14 bits per heavy atom. The number of benzene rings is 1. The lowest BCUT2D eigenvalue weighted by Crippen LogP contribution is -2.66. The summed E-state index contributed by atoms with van der Waals surface area (Å²) in [5.74, 6) is -0.142. The van der Waals surface area contributed by atoms with Gasteiger partial charge in [0, 0.05) is 17.1 Å². The lowest BCUT2D eigenvalue weighted by atomic mass is 9.94. The molecular weight excluding hydrogens is 350 g/mol. The number of halogens is 1. The van der Waals surface area contributed by atoms with Gasteiger partial charge in [-0.15, -0.1) is 0 Å². The molecule has 2 heterocycles. The number of hydrogen-bond donors (Lipinski definition) is 2. The van der Waals surface area contributed by atoms with Crippen molar-refractivity contribution >= 4 is 21.8 Å². The molecule has 0 bridgehead atoms. The molecule has 1 amide bonds. The summed E-state index contributed by atoms with van der Waals surface area (Å²) < 4.78 is 6.24. The summed E-state index contributed by atoms with van der Waals surface area (Å²) in [6, 6.07) is 9.45. The highest BCUT2D eigenvalue weighted by molar-refractivity contribution is 9.10. The maximum absolute atomic E-state index is 12.4. The zero-order chi connectivity index (χ0) is 15.7. The van der Waals surface area contributed by atoms with Crippen LogP contribution in [0.2, 0.25) is 0 Å². The third-order valence-electron chi connectivity index (χ3n) is 3.91. The number of aliphatic hydroxyl groups is 1. The highest BCUT2D eigenvalue weighted by Gasteiger charge is 2.45. The van der Waals surface area contributed by atoms with Crippen molar-refractivity contribution in [3.63, 3.8) is 0 Å². The third kappa shape index (κ3) is 2.67. The Labute approximate surface area is 136 Å². The van der Waals surface area contributed by atoms with E-state index in [4.69, 9.17) is 4.74 Å². The Morgan fingerprint density at radius 1 is 1.45 bits per heavy atom. The molecule has 1 aromatic heterocycles. The number of hydrogen-bond acceptors (Lipinski definition) is 4. The molecule has 22 heavy (non-hydrogen) atoms. The van der Waals surface area contributed by atoms with Crippen LogP contribution in [-0.2, 0) is 4.74 Å². The average molecular weight is 366 g/mol. The molecule has 0 radical (unpaired) electrons. The first kappa shape index (κ1) is 15.2. The number of aromatic nitrogens is 2. The molecule has 2 N–H and O–H groups in total. The highest BCUT2D eigenvalue weighted by atomic mass is 79.9. The van der Waals surface area contributed by atoms with E-state index in [1.54, 1.807) is 18.1 Å². The van der Waals surface area contributed by atoms with Gasteiger partial charge in [-0.3, -0.25) is 9.89 Å². The van der Waals surface area contributed by atoms with Crippen LogP contribution in [0.4, 0.5) is 0 Å². The van der Waals surface area contributed by atoms with E-state index in [1.807, 2.05) is 24.3 Å². The molecule has 3 rings (SSSR count). The molecule has 1 aromatic carbocycles. The predicted molar refractivity (Wildman–Crippen MR) is 84.5 cm³/mol. The van der Waals surface area contributed by atoms with Gasteiger partial charge in [0.1, 0.15) is 11.3 Å². The topological polar surface area (TPSA) is 78.5 Å². The van der Waals surface area contributed by atoms with Crippen molar-refractivity contribution in [2.24, 2.45) is 0 Å². The van der Waals surface area contributed by atoms with Crippen molar-refractivity contribution in [2.45, 2.75) is 5.60 Å². The summed E-state index contributed by atoms with van der Waals surface area (Å²) in [4.78, 5) is 14.0. The summed E-state index contributed by atoms with van der Waals surface area (Å²) in [5.41, 5.74) is 1.46. The zero-order valence-electron chi connectivity index (χ0n) is 12.0. The Kier molecular flexibility index (Phi) is 4.03. The highest BCUT2D eigenvalue weighted by Crippen LogP contribution is 2.26. The first-order valence-electron chi connectivity index (χ1n) is 6.83. The molecule has 0 saturated carbocycles. The predicted octanol–water partition coefficient (Wildman–Crippen LogP) is 1.67. The monoisotopic (exact) mass is 365 g/mol. The molecule has 1 aliphatic rings. The van der Waals surface area contributed by atoms with Gasteiger partial charge in [0.05, 0.1) is 25.4 Å². The van der Waals surface area contributed by atoms with Gasteiger partial charge in [0.15, 0.2) is 0 Å². The van der Waals surface area contributed by atoms with Crippen LogP contribution in [0.25, 0.3) is 11.3 Å². The van der Waals surface area contributed by atoms with Crippen molar-refractivity contribution in [1.82, 2.24) is 15.1 Å². The van der Waals surface area contributed by atoms with Crippen molar-refractivity contribution in [3.05, 3.63) is 40.5 Å². The minimum Gasteiger partial charge on any atom is -0.393 e. The Hall–Kier alpha value is -1.70. The standard InChI is InChI=1S/C15H16BrN3O3/c1-22-15(9-20)7-19(8-15)14(21)13-6-12(17-18-13)10-2-4-11(16)5-3-10/h2-6,20H,7-9H2,1H3,(H,17,18).